The Morgan fingerprint density at radius 2 is 1.69 bits per heavy atom. The van der Waals surface area contributed by atoms with Crippen molar-refractivity contribution in [2.45, 2.75) is 39.8 Å². The molecule has 0 bridgehead atoms. The van der Waals surface area contributed by atoms with Crippen LogP contribution in [0.5, 0.6) is 0 Å². The quantitative estimate of drug-likeness (QED) is 0.399. The number of halogens is 4. The first-order valence-electron chi connectivity index (χ1n) is 11.2. The van der Waals surface area contributed by atoms with E-state index in [2.05, 4.69) is 5.32 Å². The van der Waals surface area contributed by atoms with Gasteiger partial charge < -0.3 is 10.2 Å². The Bertz CT molecular complexity index is 1210. The number of benzene rings is 2. The minimum Gasteiger partial charge on any atom is -0.354 e. The van der Waals surface area contributed by atoms with E-state index < -0.39 is 34.3 Å². The number of sulfonamides is 1. The van der Waals surface area contributed by atoms with Gasteiger partial charge in [-0.05, 0) is 48.2 Å². The molecule has 12 heteroatoms. The van der Waals surface area contributed by atoms with Gasteiger partial charge in [0.05, 0.1) is 27.0 Å². The molecule has 0 saturated heterocycles. The van der Waals surface area contributed by atoms with Crippen LogP contribution in [0.3, 0.4) is 0 Å². The fraction of sp³-hybridized carbons (Fsp3) is 0.417. The predicted octanol–water partition coefficient (Wildman–Crippen LogP) is 5.13. The van der Waals surface area contributed by atoms with Crippen molar-refractivity contribution in [1.29, 1.82) is 0 Å². The lowest BCUT2D eigenvalue weighted by atomic mass is 10.1. The number of carbonyl (C=O) groups excluding carboxylic acids is 2. The number of hydrogen-bond donors (Lipinski definition) is 1. The molecule has 1 atom stereocenters. The Kier molecular flexibility index (Phi) is 10.8. The maximum atomic E-state index is 13.7. The number of amides is 2. The predicted molar refractivity (Wildman–Crippen MR) is 143 cm³/mol. The van der Waals surface area contributed by atoms with Gasteiger partial charge >= 0.3 is 0 Å². The summed E-state index contributed by atoms with van der Waals surface area (Å²) < 4.78 is 39.7. The molecule has 2 rings (SSSR count). The normalized spacial score (nSPS) is 12.4. The summed E-state index contributed by atoms with van der Waals surface area (Å²) in [5.74, 6) is -1.54. The van der Waals surface area contributed by atoms with Crippen LogP contribution in [-0.4, -0.2) is 50.5 Å². The third-order valence-electron chi connectivity index (χ3n) is 5.28. The van der Waals surface area contributed by atoms with Crippen molar-refractivity contribution in [1.82, 2.24) is 10.2 Å². The Balaban J connectivity index is 2.46. The van der Waals surface area contributed by atoms with E-state index in [0.717, 1.165) is 22.7 Å². The molecular weight excluding hydrogens is 552 g/mol. The van der Waals surface area contributed by atoms with Gasteiger partial charge in [0.2, 0.25) is 21.8 Å². The molecule has 0 aliphatic carbocycles. The molecule has 2 amide bonds. The molecule has 0 spiro atoms. The van der Waals surface area contributed by atoms with Crippen LogP contribution in [0.15, 0.2) is 36.4 Å². The van der Waals surface area contributed by atoms with Crippen molar-refractivity contribution in [3.63, 3.8) is 0 Å². The SMILES string of the molecule is CC[C@H](C(=O)NCC(C)C)N(Cc1ccc(Cl)c(Cl)c1)C(=O)CN(c1ccc(F)c(Cl)c1)S(C)(=O)=O. The molecule has 1 N–H and O–H groups in total. The molecule has 0 aromatic heterocycles. The zero-order valence-electron chi connectivity index (χ0n) is 20.4. The van der Waals surface area contributed by atoms with Gasteiger partial charge in [-0.15, -0.1) is 0 Å². The smallest absolute Gasteiger partial charge is 0.244 e. The standard InChI is InChI=1S/C24H29Cl3FN3O4S/c1-5-22(24(33)29-12-15(2)3)30(13-16-6-8-18(25)19(26)10-16)23(32)14-31(36(4,34)35)17-7-9-21(28)20(27)11-17/h6-11,15,22H,5,12-14H2,1-4H3,(H,29,33)/t22-/m1/s1. The first-order chi connectivity index (χ1) is 16.7. The molecule has 2 aromatic carbocycles. The number of nitrogens with one attached hydrogen (secondary N) is 1. The van der Waals surface area contributed by atoms with Crippen molar-refractivity contribution in [2.75, 3.05) is 23.7 Å². The number of hydrogen-bond acceptors (Lipinski definition) is 4. The number of anilines is 1. The number of carbonyl (C=O) groups is 2. The fourth-order valence-electron chi connectivity index (χ4n) is 3.43. The molecule has 0 fully saturated rings. The minimum atomic E-state index is -3.97. The van der Waals surface area contributed by atoms with Crippen molar-refractivity contribution in [3.05, 3.63) is 62.8 Å². The monoisotopic (exact) mass is 579 g/mol. The minimum absolute atomic E-state index is 0.0176. The van der Waals surface area contributed by atoms with Crippen LogP contribution < -0.4 is 9.62 Å². The fourth-order valence-corrected chi connectivity index (χ4v) is 4.77. The zero-order valence-corrected chi connectivity index (χ0v) is 23.5. The van der Waals surface area contributed by atoms with E-state index in [-0.39, 0.29) is 40.5 Å². The summed E-state index contributed by atoms with van der Waals surface area (Å²) in [4.78, 5) is 27.9. The first kappa shape index (κ1) is 30.2. The average Bonchev–Trinajstić information content (AvgIpc) is 2.79. The van der Waals surface area contributed by atoms with Crippen LogP contribution in [0.1, 0.15) is 32.8 Å². The summed E-state index contributed by atoms with van der Waals surface area (Å²) in [7, 11) is -3.97. The van der Waals surface area contributed by atoms with Crippen LogP contribution in [0, 0.1) is 11.7 Å². The van der Waals surface area contributed by atoms with Gasteiger partial charge in [0, 0.05) is 13.1 Å². The van der Waals surface area contributed by atoms with E-state index in [1.54, 1.807) is 25.1 Å². The Hall–Kier alpha value is -2.07. The highest BCUT2D eigenvalue weighted by Crippen LogP contribution is 2.26. The van der Waals surface area contributed by atoms with Gasteiger partial charge in [-0.25, -0.2) is 12.8 Å². The molecule has 2 aromatic rings. The van der Waals surface area contributed by atoms with Gasteiger partial charge in [-0.1, -0.05) is 61.6 Å². The lowest BCUT2D eigenvalue weighted by Crippen LogP contribution is -2.52. The van der Waals surface area contributed by atoms with Gasteiger partial charge in [-0.3, -0.25) is 13.9 Å². The Labute approximate surface area is 226 Å². The molecule has 0 unspecified atom stereocenters. The molecular formula is C24H29Cl3FN3O4S. The third kappa shape index (κ3) is 8.23. The first-order valence-corrected chi connectivity index (χ1v) is 14.2. The van der Waals surface area contributed by atoms with E-state index >= 15 is 0 Å². The number of rotatable bonds is 11. The average molecular weight is 581 g/mol. The summed E-state index contributed by atoms with van der Waals surface area (Å²) in [6, 6.07) is 7.29. The van der Waals surface area contributed by atoms with Gasteiger partial charge in [0.1, 0.15) is 18.4 Å². The van der Waals surface area contributed by atoms with Crippen LogP contribution >= 0.6 is 34.8 Å². The van der Waals surface area contributed by atoms with E-state index in [0.29, 0.717) is 17.1 Å². The van der Waals surface area contributed by atoms with Crippen molar-refractivity contribution in [2.24, 2.45) is 5.92 Å². The summed E-state index contributed by atoms with van der Waals surface area (Å²) >= 11 is 18.0. The van der Waals surface area contributed by atoms with Crippen LogP contribution in [0.25, 0.3) is 0 Å². The summed E-state index contributed by atoms with van der Waals surface area (Å²) in [6.07, 6.45) is 1.20. The maximum absolute atomic E-state index is 13.7. The third-order valence-corrected chi connectivity index (χ3v) is 7.45. The van der Waals surface area contributed by atoms with Gasteiger partial charge in [0.15, 0.2) is 0 Å². The summed E-state index contributed by atoms with van der Waals surface area (Å²) in [5, 5.41) is 3.15. The lowest BCUT2D eigenvalue weighted by molar-refractivity contribution is -0.140. The molecule has 36 heavy (non-hydrogen) atoms. The van der Waals surface area contributed by atoms with E-state index in [1.807, 2.05) is 13.8 Å². The van der Waals surface area contributed by atoms with Crippen molar-refractivity contribution in [3.8, 4) is 0 Å². The zero-order chi connectivity index (χ0) is 27.2. The molecule has 198 valence electrons. The molecule has 0 aliphatic heterocycles. The molecule has 0 heterocycles. The highest BCUT2D eigenvalue weighted by atomic mass is 35.5. The van der Waals surface area contributed by atoms with Crippen molar-refractivity contribution < 1.29 is 22.4 Å². The topological polar surface area (TPSA) is 86.8 Å². The number of nitrogens with zero attached hydrogens (tertiary/aromatic N) is 2. The highest BCUT2D eigenvalue weighted by Gasteiger charge is 2.32. The summed E-state index contributed by atoms with van der Waals surface area (Å²) in [5.41, 5.74) is 0.618. The molecule has 0 aliphatic rings. The van der Waals surface area contributed by atoms with Crippen molar-refractivity contribution >= 4 is 62.3 Å². The van der Waals surface area contributed by atoms with Gasteiger partial charge in [0.25, 0.3) is 0 Å². The highest BCUT2D eigenvalue weighted by molar-refractivity contribution is 7.92. The van der Waals surface area contributed by atoms with E-state index in [4.69, 9.17) is 34.8 Å². The summed E-state index contributed by atoms with van der Waals surface area (Å²) in [6.45, 7) is 5.40. The second kappa shape index (κ2) is 12.9. The Morgan fingerprint density at radius 1 is 1.03 bits per heavy atom. The van der Waals surface area contributed by atoms with E-state index in [1.165, 1.54) is 11.0 Å². The second-order valence-corrected chi connectivity index (χ2v) is 11.8. The molecule has 0 radical (unpaired) electrons. The van der Waals surface area contributed by atoms with Gasteiger partial charge in [-0.2, -0.15) is 0 Å². The van der Waals surface area contributed by atoms with E-state index in [9.17, 15) is 22.4 Å². The lowest BCUT2D eigenvalue weighted by Gasteiger charge is -2.33. The Morgan fingerprint density at radius 3 is 2.22 bits per heavy atom. The van der Waals surface area contributed by atoms with Crippen LogP contribution in [0.2, 0.25) is 15.1 Å². The maximum Gasteiger partial charge on any atom is 0.244 e. The molecule has 0 saturated carbocycles. The second-order valence-electron chi connectivity index (χ2n) is 8.70. The van der Waals surface area contributed by atoms with Crippen LogP contribution in [-0.2, 0) is 26.2 Å². The largest absolute Gasteiger partial charge is 0.354 e. The molecule has 7 nitrogen and oxygen atoms in total. The van der Waals surface area contributed by atoms with Crippen LogP contribution in [0.4, 0.5) is 10.1 Å².